The third kappa shape index (κ3) is 4.28. The van der Waals surface area contributed by atoms with Crippen molar-refractivity contribution in [2.45, 2.75) is 38.5 Å². The van der Waals surface area contributed by atoms with Crippen molar-refractivity contribution < 1.29 is 9.15 Å². The minimum Gasteiger partial charge on any atom is -0.370 e. The van der Waals surface area contributed by atoms with Gasteiger partial charge in [-0.1, -0.05) is 0 Å². The molecular weight excluding hydrogens is 505 g/mol. The fourth-order valence-electron chi connectivity index (χ4n) is 5.81. The highest BCUT2D eigenvalue weighted by Gasteiger charge is 2.49. The molecule has 0 amide bonds. The Morgan fingerprint density at radius 3 is 1.34 bits per heavy atom. The van der Waals surface area contributed by atoms with E-state index in [-0.39, 0.29) is 10.8 Å². The quantitative estimate of drug-likeness (QED) is 0.300. The zero-order valence-corrected chi connectivity index (χ0v) is 26.0. The van der Waals surface area contributed by atoms with E-state index in [9.17, 15) is 0 Å². The summed E-state index contributed by atoms with van der Waals surface area (Å²) in [6.07, 6.45) is 9.16. The first-order chi connectivity index (χ1) is 17.8. The van der Waals surface area contributed by atoms with Crippen molar-refractivity contribution in [3.05, 3.63) is 69.4 Å². The summed E-state index contributed by atoms with van der Waals surface area (Å²) in [5, 5.41) is 2.55. The van der Waals surface area contributed by atoms with E-state index in [1.807, 2.05) is 22.7 Å². The molecule has 0 bridgehead atoms. The van der Waals surface area contributed by atoms with Crippen LogP contribution in [0.2, 0.25) is 0 Å². The molecule has 1 aromatic carbocycles. The van der Waals surface area contributed by atoms with Crippen molar-refractivity contribution >= 4 is 67.6 Å². The van der Waals surface area contributed by atoms with Gasteiger partial charge in [-0.25, -0.2) is 0 Å². The summed E-state index contributed by atoms with van der Waals surface area (Å²) in [5.41, 5.74) is 7.91. The molecule has 0 saturated carbocycles. The van der Waals surface area contributed by atoms with Gasteiger partial charge in [-0.3, -0.25) is 0 Å². The molecule has 0 fully saturated rings. The molecule has 4 heterocycles. The average Bonchev–Trinajstić information content (AvgIpc) is 3.59. The van der Waals surface area contributed by atoms with Crippen LogP contribution in [0.15, 0.2) is 48.6 Å². The molecule has 38 heavy (non-hydrogen) atoms. The van der Waals surface area contributed by atoms with Crippen LogP contribution in [0.5, 0.6) is 0 Å². The Hall–Kier alpha value is -2.96. The molecule has 2 aromatic heterocycles. The highest BCUT2D eigenvalue weighted by molar-refractivity contribution is 7.17. The third-order valence-corrected chi connectivity index (χ3v) is 10.5. The topological polar surface area (TPSA) is 12.5 Å². The van der Waals surface area contributed by atoms with Gasteiger partial charge in [0.25, 0.3) is 0 Å². The summed E-state index contributed by atoms with van der Waals surface area (Å²) in [4.78, 5) is 6.88. The predicted molar refractivity (Wildman–Crippen MR) is 170 cm³/mol. The second-order valence-corrected chi connectivity index (χ2v) is 14.0. The van der Waals surface area contributed by atoms with Gasteiger partial charge in [0.2, 0.25) is 11.4 Å². The molecule has 0 atom stereocenters. The molecule has 3 aromatic rings. The molecule has 0 unspecified atom stereocenters. The first kappa shape index (κ1) is 26.6. The molecule has 0 aliphatic carbocycles. The number of rotatable bonds is 6. The molecule has 5 rings (SSSR count). The van der Waals surface area contributed by atoms with Crippen molar-refractivity contribution in [1.29, 1.82) is 0 Å². The van der Waals surface area contributed by atoms with E-state index in [1.54, 1.807) is 0 Å². The molecule has 2 aliphatic heterocycles. The maximum atomic E-state index is 2.48. The predicted octanol–water partition coefficient (Wildman–Crippen LogP) is 7.38. The number of anilines is 2. The smallest absolute Gasteiger partial charge is 0.216 e. The Morgan fingerprint density at radius 2 is 1.00 bits per heavy atom. The SMILES string of the molecule is CN(C)c1ccc(/C=C/C2=[N+](C)c3cc4c(cc3C2(C)C)C(C)(C)C(/C=C/c2ccc(N(C)C)s2)=[N+]4C)s1. The minimum absolute atomic E-state index is 0.0793. The van der Waals surface area contributed by atoms with Crippen LogP contribution in [-0.2, 0) is 10.8 Å². The van der Waals surface area contributed by atoms with Crippen LogP contribution in [0, 0.1) is 0 Å². The van der Waals surface area contributed by atoms with Crippen LogP contribution in [0.3, 0.4) is 0 Å². The summed E-state index contributed by atoms with van der Waals surface area (Å²) < 4.78 is 4.77. The van der Waals surface area contributed by atoms with Gasteiger partial charge in [0, 0.05) is 61.2 Å². The summed E-state index contributed by atoms with van der Waals surface area (Å²) in [6.45, 7) is 9.43. The Balaban J connectivity index is 1.51. The fourth-order valence-corrected chi connectivity index (χ4v) is 7.48. The molecule has 0 N–H and O–H groups in total. The zero-order chi connectivity index (χ0) is 27.6. The van der Waals surface area contributed by atoms with E-state index in [2.05, 4.69) is 150 Å². The van der Waals surface area contributed by atoms with Crippen LogP contribution in [-0.4, -0.2) is 62.9 Å². The zero-order valence-electron chi connectivity index (χ0n) is 24.4. The van der Waals surface area contributed by atoms with Gasteiger partial charge < -0.3 is 9.80 Å². The lowest BCUT2D eigenvalue weighted by Gasteiger charge is -2.19. The van der Waals surface area contributed by atoms with Gasteiger partial charge in [0.05, 0.1) is 26.9 Å². The molecule has 0 spiro atoms. The Bertz CT molecular complexity index is 1430. The van der Waals surface area contributed by atoms with Crippen molar-refractivity contribution in [2.24, 2.45) is 0 Å². The summed E-state index contributed by atoms with van der Waals surface area (Å²) in [7, 11) is 12.8. The van der Waals surface area contributed by atoms with E-state index < -0.39 is 0 Å². The van der Waals surface area contributed by atoms with Crippen LogP contribution in [0.4, 0.5) is 21.4 Å². The maximum Gasteiger partial charge on any atom is 0.216 e. The minimum atomic E-state index is -0.0793. The Kier molecular flexibility index (Phi) is 6.56. The van der Waals surface area contributed by atoms with Crippen molar-refractivity contribution in [3.63, 3.8) is 0 Å². The van der Waals surface area contributed by atoms with Gasteiger partial charge in [-0.15, -0.1) is 22.7 Å². The highest BCUT2D eigenvalue weighted by atomic mass is 32.1. The monoisotopic (exact) mass is 544 g/mol. The molecule has 198 valence electrons. The largest absolute Gasteiger partial charge is 0.370 e. The number of hydrogen-bond donors (Lipinski definition) is 0. The highest BCUT2D eigenvalue weighted by Crippen LogP contribution is 2.48. The van der Waals surface area contributed by atoms with Crippen molar-refractivity contribution in [1.82, 2.24) is 0 Å². The fraction of sp³-hybridized carbons (Fsp3) is 0.375. The van der Waals surface area contributed by atoms with Crippen molar-refractivity contribution in [3.8, 4) is 0 Å². The van der Waals surface area contributed by atoms with Crippen LogP contribution >= 0.6 is 22.7 Å². The number of allylic oxidation sites excluding steroid dienone is 2. The second-order valence-electron chi connectivity index (χ2n) is 11.8. The average molecular weight is 545 g/mol. The summed E-state index contributed by atoms with van der Waals surface area (Å²) >= 11 is 3.65. The van der Waals surface area contributed by atoms with E-state index in [1.165, 1.54) is 53.7 Å². The first-order valence-corrected chi connectivity index (χ1v) is 14.8. The van der Waals surface area contributed by atoms with E-state index in [4.69, 9.17) is 0 Å². The Labute approximate surface area is 236 Å². The normalized spacial score (nSPS) is 17.7. The van der Waals surface area contributed by atoms with Gasteiger partial charge in [-0.05, 0) is 70.2 Å². The third-order valence-electron chi connectivity index (χ3n) is 8.10. The standard InChI is InChI=1S/C32H40N4S2/c1-31(2)23-19-24-26(20-25(23)35(9)27(31)15-11-21-13-17-29(37-21)33(5)6)36(10)28(32(24,3)4)16-12-22-14-18-30(38-22)34(7)8/h11-20H,1-10H3/q+2. The first-order valence-electron chi connectivity index (χ1n) is 13.1. The molecule has 4 nitrogen and oxygen atoms in total. The Morgan fingerprint density at radius 1 is 0.605 bits per heavy atom. The summed E-state index contributed by atoms with van der Waals surface area (Å²) in [6, 6.07) is 13.7. The maximum absolute atomic E-state index is 2.48. The molecule has 2 aliphatic rings. The molecular formula is C32H40N4S2+2. The number of thiophene rings is 2. The van der Waals surface area contributed by atoms with Gasteiger partial charge in [0.1, 0.15) is 14.1 Å². The number of hydrogen-bond acceptors (Lipinski definition) is 4. The van der Waals surface area contributed by atoms with E-state index in [0.717, 1.165) is 0 Å². The van der Waals surface area contributed by atoms with Crippen LogP contribution < -0.4 is 9.80 Å². The lowest BCUT2D eigenvalue weighted by Crippen LogP contribution is -2.28. The lowest BCUT2D eigenvalue weighted by molar-refractivity contribution is -0.410. The lowest BCUT2D eigenvalue weighted by atomic mass is 9.76. The van der Waals surface area contributed by atoms with Crippen molar-refractivity contribution in [2.75, 3.05) is 52.1 Å². The van der Waals surface area contributed by atoms with Gasteiger partial charge in [0.15, 0.2) is 11.4 Å². The van der Waals surface area contributed by atoms with Gasteiger partial charge >= 0.3 is 0 Å². The van der Waals surface area contributed by atoms with E-state index in [0.29, 0.717) is 0 Å². The summed E-state index contributed by atoms with van der Waals surface area (Å²) in [5.74, 6) is 0. The molecule has 0 radical (unpaired) electrons. The molecule has 0 saturated heterocycles. The number of benzene rings is 1. The number of nitrogens with zero attached hydrogens (tertiary/aromatic N) is 4. The second kappa shape index (κ2) is 9.35. The van der Waals surface area contributed by atoms with Crippen LogP contribution in [0.25, 0.3) is 12.2 Å². The van der Waals surface area contributed by atoms with E-state index >= 15 is 0 Å². The van der Waals surface area contributed by atoms with Gasteiger partial charge in [-0.2, -0.15) is 9.15 Å². The number of fused-ring (bicyclic) bond motifs is 2. The molecule has 6 heteroatoms. The van der Waals surface area contributed by atoms with Crippen LogP contribution in [0.1, 0.15) is 48.6 Å².